The molecular weight excluding hydrogens is 339 g/mol. The number of rotatable bonds is 1. The Morgan fingerprint density at radius 3 is 2.38 bits per heavy atom. The van der Waals surface area contributed by atoms with Gasteiger partial charge in [-0.25, -0.2) is 4.79 Å². The summed E-state index contributed by atoms with van der Waals surface area (Å²) in [4.78, 5) is 12.3. The minimum absolute atomic E-state index is 0.109. The third-order valence-corrected chi connectivity index (χ3v) is 3.04. The molecule has 2 rings (SSSR count). The number of alkyl halides is 3. The molecule has 0 fully saturated rings. The van der Waals surface area contributed by atoms with Gasteiger partial charge < -0.3 is 0 Å². The molecule has 0 spiro atoms. The molecule has 114 valence electrons. The third kappa shape index (κ3) is 3.72. The van der Waals surface area contributed by atoms with Crippen LogP contribution in [0, 0.1) is 5.41 Å². The zero-order valence-electron chi connectivity index (χ0n) is 11.6. The summed E-state index contributed by atoms with van der Waals surface area (Å²) in [6.07, 6.45) is 3.23. The molecule has 0 N–H and O–H groups in total. The van der Waals surface area contributed by atoms with Crippen LogP contribution >= 0.6 is 34.8 Å². The van der Waals surface area contributed by atoms with Crippen molar-refractivity contribution in [2.45, 2.75) is 31.0 Å². The molecule has 0 aromatic carbocycles. The third-order valence-electron chi connectivity index (χ3n) is 2.51. The van der Waals surface area contributed by atoms with Crippen LogP contribution in [0.1, 0.15) is 32.2 Å². The van der Waals surface area contributed by atoms with Gasteiger partial charge in [0.15, 0.2) is 0 Å². The lowest BCUT2D eigenvalue weighted by molar-refractivity contribution is 0.236. The summed E-state index contributed by atoms with van der Waals surface area (Å²) in [6.45, 7) is 6.02. The molecule has 0 aliphatic rings. The summed E-state index contributed by atoms with van der Waals surface area (Å²) in [6, 6.07) is -0.624. The van der Waals surface area contributed by atoms with Gasteiger partial charge in [0.05, 0.1) is 18.1 Å². The van der Waals surface area contributed by atoms with Crippen molar-refractivity contribution in [3.63, 3.8) is 0 Å². The van der Waals surface area contributed by atoms with E-state index in [0.29, 0.717) is 12.1 Å². The van der Waals surface area contributed by atoms with Gasteiger partial charge in [-0.1, -0.05) is 66.0 Å². The molecule has 0 atom stereocenters. The Balaban J connectivity index is 2.50. The monoisotopic (exact) mass is 350 g/mol. The second-order valence-electron chi connectivity index (χ2n) is 5.66. The second kappa shape index (κ2) is 5.55. The van der Waals surface area contributed by atoms with Crippen LogP contribution in [0.4, 0.5) is 4.79 Å². The maximum absolute atomic E-state index is 12.3. The predicted molar refractivity (Wildman–Crippen MR) is 78.6 cm³/mol. The first-order chi connectivity index (χ1) is 9.59. The van der Waals surface area contributed by atoms with E-state index in [1.165, 1.54) is 12.4 Å². The summed E-state index contributed by atoms with van der Waals surface area (Å²) in [5, 5.41) is 14.9. The number of hydrogen-bond acceptors (Lipinski definition) is 5. The normalized spacial score (nSPS) is 12.7. The lowest BCUT2D eigenvalue weighted by Gasteiger charge is -2.19. The fraction of sp³-hybridized carbons (Fsp3) is 0.545. The van der Waals surface area contributed by atoms with E-state index in [9.17, 15) is 4.79 Å². The smallest absolute Gasteiger partial charge is 0.243 e. The SMILES string of the molecule is CC(C)(C)Cc1nnn(C(=O)n2ccnn2)c1C(Cl)(Cl)Cl. The van der Waals surface area contributed by atoms with E-state index in [1.54, 1.807) is 0 Å². The molecule has 2 aromatic rings. The fourth-order valence-electron chi connectivity index (χ4n) is 1.76. The number of aromatic nitrogens is 6. The van der Waals surface area contributed by atoms with E-state index in [1.807, 2.05) is 20.8 Å². The Morgan fingerprint density at radius 2 is 1.90 bits per heavy atom. The van der Waals surface area contributed by atoms with Crippen LogP contribution < -0.4 is 0 Å². The van der Waals surface area contributed by atoms with E-state index >= 15 is 0 Å². The second-order valence-corrected chi connectivity index (χ2v) is 7.94. The van der Waals surface area contributed by atoms with Crippen molar-refractivity contribution in [1.82, 2.24) is 30.0 Å². The predicted octanol–water partition coefficient (Wildman–Crippen LogP) is 2.80. The lowest BCUT2D eigenvalue weighted by atomic mass is 9.90. The highest BCUT2D eigenvalue weighted by atomic mass is 35.6. The maximum atomic E-state index is 12.3. The van der Waals surface area contributed by atoms with Crippen LogP contribution in [0.3, 0.4) is 0 Å². The number of hydrogen-bond donors (Lipinski definition) is 0. The van der Waals surface area contributed by atoms with Crippen molar-refractivity contribution >= 4 is 40.8 Å². The van der Waals surface area contributed by atoms with Crippen molar-refractivity contribution in [2.24, 2.45) is 5.41 Å². The van der Waals surface area contributed by atoms with E-state index in [0.717, 1.165) is 9.36 Å². The molecule has 0 bridgehead atoms. The molecule has 0 amide bonds. The Morgan fingerprint density at radius 1 is 1.24 bits per heavy atom. The Kier molecular flexibility index (Phi) is 4.28. The first-order valence-corrected chi connectivity index (χ1v) is 7.16. The van der Waals surface area contributed by atoms with Crippen molar-refractivity contribution in [3.05, 3.63) is 23.8 Å². The largest absolute Gasteiger partial charge is 0.372 e. The molecule has 0 aliphatic heterocycles. The topological polar surface area (TPSA) is 78.5 Å². The highest BCUT2D eigenvalue weighted by molar-refractivity contribution is 6.66. The fourth-order valence-corrected chi connectivity index (χ4v) is 2.33. The average Bonchev–Trinajstić information content (AvgIpc) is 2.92. The standard InChI is InChI=1S/C11H13Cl3N6O/c1-10(2,3)6-7-8(11(12,13)14)20(18-16-7)9(21)19-5-4-15-17-19/h4-5H,6H2,1-3H3. The van der Waals surface area contributed by atoms with Gasteiger partial charge in [0.25, 0.3) is 0 Å². The van der Waals surface area contributed by atoms with Gasteiger partial charge in [-0.15, -0.1) is 10.2 Å². The van der Waals surface area contributed by atoms with Crippen LogP contribution in [0.2, 0.25) is 0 Å². The van der Waals surface area contributed by atoms with Crippen LogP contribution in [0.15, 0.2) is 12.4 Å². The number of halogens is 3. The quantitative estimate of drug-likeness (QED) is 0.738. The minimum Gasteiger partial charge on any atom is -0.243 e. The maximum Gasteiger partial charge on any atom is 0.372 e. The number of carbonyl (C=O) groups is 1. The molecule has 0 saturated carbocycles. The van der Waals surface area contributed by atoms with Gasteiger partial charge in [-0.05, 0) is 11.8 Å². The van der Waals surface area contributed by atoms with Crippen LogP contribution in [0.25, 0.3) is 0 Å². The molecule has 21 heavy (non-hydrogen) atoms. The van der Waals surface area contributed by atoms with Gasteiger partial charge in [0.2, 0.25) is 3.79 Å². The van der Waals surface area contributed by atoms with Crippen molar-refractivity contribution in [3.8, 4) is 0 Å². The molecule has 10 heteroatoms. The van der Waals surface area contributed by atoms with Gasteiger partial charge in [0, 0.05) is 0 Å². The van der Waals surface area contributed by atoms with Crippen molar-refractivity contribution in [1.29, 1.82) is 0 Å². The van der Waals surface area contributed by atoms with E-state index in [4.69, 9.17) is 34.8 Å². The molecule has 2 heterocycles. The van der Waals surface area contributed by atoms with Gasteiger partial charge in [0.1, 0.15) is 5.69 Å². The zero-order chi connectivity index (χ0) is 15.8. The number of nitrogens with zero attached hydrogens (tertiary/aromatic N) is 6. The van der Waals surface area contributed by atoms with Crippen LogP contribution in [-0.2, 0) is 10.2 Å². The van der Waals surface area contributed by atoms with E-state index < -0.39 is 9.82 Å². The minimum atomic E-state index is -1.83. The van der Waals surface area contributed by atoms with Crippen molar-refractivity contribution < 1.29 is 4.79 Å². The summed E-state index contributed by atoms with van der Waals surface area (Å²) in [5.74, 6) is 0. The molecule has 7 nitrogen and oxygen atoms in total. The highest BCUT2D eigenvalue weighted by Crippen LogP contribution is 2.40. The van der Waals surface area contributed by atoms with Gasteiger partial charge in [-0.3, -0.25) is 0 Å². The molecule has 2 aromatic heterocycles. The lowest BCUT2D eigenvalue weighted by Crippen LogP contribution is -2.26. The van der Waals surface area contributed by atoms with Gasteiger partial charge >= 0.3 is 6.03 Å². The summed E-state index contributed by atoms with van der Waals surface area (Å²) < 4.78 is 0.0819. The van der Waals surface area contributed by atoms with E-state index in [2.05, 4.69) is 20.6 Å². The highest BCUT2D eigenvalue weighted by Gasteiger charge is 2.36. The van der Waals surface area contributed by atoms with Gasteiger partial charge in [-0.2, -0.15) is 9.36 Å². The van der Waals surface area contributed by atoms with Crippen LogP contribution in [-0.4, -0.2) is 36.0 Å². The first-order valence-electron chi connectivity index (χ1n) is 6.02. The first kappa shape index (κ1) is 16.2. The Hall–Kier alpha value is -1.18. The summed E-state index contributed by atoms with van der Waals surface area (Å²) in [5.41, 5.74) is 0.459. The van der Waals surface area contributed by atoms with Crippen molar-refractivity contribution in [2.75, 3.05) is 0 Å². The zero-order valence-corrected chi connectivity index (χ0v) is 13.9. The molecule has 0 radical (unpaired) electrons. The Bertz CT molecular complexity index is 638. The summed E-state index contributed by atoms with van der Waals surface area (Å²) in [7, 11) is 0. The average molecular weight is 352 g/mol. The molecule has 0 saturated heterocycles. The number of carbonyl (C=O) groups excluding carboxylic acids is 1. The summed E-state index contributed by atoms with van der Waals surface area (Å²) >= 11 is 17.9. The van der Waals surface area contributed by atoms with E-state index in [-0.39, 0.29) is 11.1 Å². The Labute approximate surface area is 136 Å². The molecule has 0 aliphatic carbocycles. The molecule has 0 unspecified atom stereocenters. The van der Waals surface area contributed by atoms with Crippen LogP contribution in [0.5, 0.6) is 0 Å². The molecular formula is C11H13Cl3N6O.